The lowest BCUT2D eigenvalue weighted by molar-refractivity contribution is 0.809. The number of allylic oxidation sites excluding steroid dienone is 1. The zero-order valence-electron chi connectivity index (χ0n) is 7.68. The van der Waals surface area contributed by atoms with Crippen LogP contribution >= 0.6 is 0 Å². The average Bonchev–Trinajstić information content (AvgIpc) is 2.23. The fourth-order valence-electron chi connectivity index (χ4n) is 1.43. The lowest BCUT2D eigenvalue weighted by Gasteiger charge is -2.05. The fraction of sp³-hybridized carbons (Fsp3) is 0.0909. The first kappa shape index (κ1) is 8.69. The maximum atomic E-state index is 11.5. The lowest BCUT2D eigenvalue weighted by Crippen LogP contribution is -2.19. The van der Waals surface area contributed by atoms with Crippen molar-refractivity contribution in [3.63, 3.8) is 0 Å². The number of nitrogens with zero attached hydrogens (tertiary/aromatic N) is 2. The Hall–Kier alpha value is -1.90. The molecule has 0 atom stereocenters. The minimum absolute atomic E-state index is 0.0939. The second kappa shape index (κ2) is 3.46. The highest BCUT2D eigenvalue weighted by molar-refractivity contribution is 5.74. The molecular weight excluding hydrogens is 176 g/mol. The summed E-state index contributed by atoms with van der Waals surface area (Å²) in [4.78, 5) is 15.5. The van der Waals surface area contributed by atoms with Crippen LogP contribution in [0.1, 0.15) is 0 Å². The number of hydrogen-bond donors (Lipinski definition) is 0. The number of hydrogen-bond acceptors (Lipinski definition) is 2. The molecule has 0 aliphatic rings. The van der Waals surface area contributed by atoms with Gasteiger partial charge in [0.25, 0.3) is 5.56 Å². The molecule has 2 aromatic rings. The molecule has 0 aliphatic carbocycles. The van der Waals surface area contributed by atoms with Crippen LogP contribution in [-0.2, 0) is 6.54 Å². The van der Waals surface area contributed by atoms with Gasteiger partial charge in [0.1, 0.15) is 0 Å². The van der Waals surface area contributed by atoms with Crippen LogP contribution in [0.5, 0.6) is 0 Å². The summed E-state index contributed by atoms with van der Waals surface area (Å²) in [5.41, 5.74) is 1.58. The Kier molecular flexibility index (Phi) is 2.14. The predicted molar refractivity (Wildman–Crippen MR) is 56.2 cm³/mol. The molecule has 0 saturated heterocycles. The normalized spacial score (nSPS) is 10.3. The molecule has 3 nitrogen and oxygen atoms in total. The van der Waals surface area contributed by atoms with Gasteiger partial charge in [0.15, 0.2) is 0 Å². The molecule has 3 heteroatoms. The van der Waals surface area contributed by atoms with Crippen molar-refractivity contribution in [2.24, 2.45) is 0 Å². The molecule has 0 amide bonds. The van der Waals surface area contributed by atoms with Crippen LogP contribution in [0.4, 0.5) is 0 Å². The van der Waals surface area contributed by atoms with Crippen molar-refractivity contribution in [3.05, 3.63) is 53.5 Å². The van der Waals surface area contributed by atoms with Crippen molar-refractivity contribution in [2.75, 3.05) is 0 Å². The molecule has 1 heterocycles. The van der Waals surface area contributed by atoms with Gasteiger partial charge >= 0.3 is 0 Å². The Morgan fingerprint density at radius 1 is 1.43 bits per heavy atom. The van der Waals surface area contributed by atoms with E-state index < -0.39 is 0 Å². The highest BCUT2D eigenvalue weighted by atomic mass is 16.1. The summed E-state index contributed by atoms with van der Waals surface area (Å²) in [6, 6.07) is 7.56. The van der Waals surface area contributed by atoms with E-state index in [-0.39, 0.29) is 5.56 Å². The Bertz CT molecular complexity index is 528. The van der Waals surface area contributed by atoms with E-state index in [1.54, 1.807) is 10.6 Å². The van der Waals surface area contributed by atoms with Gasteiger partial charge < -0.3 is 4.57 Å². The van der Waals surface area contributed by atoms with Gasteiger partial charge in [-0.3, -0.25) is 4.79 Å². The van der Waals surface area contributed by atoms with Crippen molar-refractivity contribution in [1.29, 1.82) is 0 Å². The van der Waals surface area contributed by atoms with Crippen LogP contribution in [0.15, 0.2) is 47.9 Å². The first-order chi connectivity index (χ1) is 6.83. The summed E-state index contributed by atoms with van der Waals surface area (Å²) in [6.07, 6.45) is 3.04. The van der Waals surface area contributed by atoms with Crippen LogP contribution < -0.4 is 5.56 Å². The van der Waals surface area contributed by atoms with Gasteiger partial charge in [0.2, 0.25) is 0 Å². The zero-order chi connectivity index (χ0) is 9.97. The van der Waals surface area contributed by atoms with Gasteiger partial charge in [-0.05, 0) is 12.1 Å². The summed E-state index contributed by atoms with van der Waals surface area (Å²) in [6.45, 7) is 4.14. The average molecular weight is 186 g/mol. The second-order valence-electron chi connectivity index (χ2n) is 2.98. The molecule has 0 unspecified atom stereocenters. The van der Waals surface area contributed by atoms with Crippen molar-refractivity contribution in [1.82, 2.24) is 9.55 Å². The topological polar surface area (TPSA) is 34.9 Å². The Morgan fingerprint density at radius 2 is 2.21 bits per heavy atom. The third kappa shape index (κ3) is 1.33. The summed E-state index contributed by atoms with van der Waals surface area (Å²) in [5, 5.41) is 0. The summed E-state index contributed by atoms with van der Waals surface area (Å²) in [5.74, 6) is 0. The van der Waals surface area contributed by atoms with Gasteiger partial charge in [-0.15, -0.1) is 6.58 Å². The van der Waals surface area contributed by atoms with E-state index in [0.717, 1.165) is 11.0 Å². The Labute approximate surface area is 81.3 Å². The van der Waals surface area contributed by atoms with Crippen LogP contribution in [0.25, 0.3) is 11.0 Å². The molecule has 1 aromatic heterocycles. The Morgan fingerprint density at radius 3 is 3.00 bits per heavy atom. The van der Waals surface area contributed by atoms with Crippen molar-refractivity contribution >= 4 is 11.0 Å². The minimum atomic E-state index is -0.0939. The van der Waals surface area contributed by atoms with E-state index in [9.17, 15) is 4.79 Å². The quantitative estimate of drug-likeness (QED) is 0.667. The maximum Gasteiger partial charge on any atom is 0.269 e. The minimum Gasteiger partial charge on any atom is -0.302 e. The van der Waals surface area contributed by atoms with E-state index in [2.05, 4.69) is 11.6 Å². The molecule has 14 heavy (non-hydrogen) atoms. The molecule has 0 bridgehead atoms. The van der Waals surface area contributed by atoms with Gasteiger partial charge in [0, 0.05) is 6.54 Å². The number of fused-ring (bicyclic) bond motifs is 1. The van der Waals surface area contributed by atoms with E-state index in [4.69, 9.17) is 0 Å². The van der Waals surface area contributed by atoms with E-state index in [1.165, 1.54) is 6.20 Å². The second-order valence-corrected chi connectivity index (χ2v) is 2.98. The number of benzene rings is 1. The summed E-state index contributed by atoms with van der Waals surface area (Å²) in [7, 11) is 0. The highest BCUT2D eigenvalue weighted by Gasteiger charge is 2.00. The maximum absolute atomic E-state index is 11.5. The van der Waals surface area contributed by atoms with Crippen molar-refractivity contribution in [3.8, 4) is 0 Å². The van der Waals surface area contributed by atoms with Gasteiger partial charge in [0.05, 0.1) is 17.2 Å². The van der Waals surface area contributed by atoms with E-state index in [1.807, 2.05) is 24.3 Å². The lowest BCUT2D eigenvalue weighted by atomic mass is 10.3. The number of rotatable bonds is 2. The van der Waals surface area contributed by atoms with Crippen LogP contribution in [-0.4, -0.2) is 9.55 Å². The fourth-order valence-corrected chi connectivity index (χ4v) is 1.43. The first-order valence-electron chi connectivity index (χ1n) is 4.38. The van der Waals surface area contributed by atoms with Crippen molar-refractivity contribution in [2.45, 2.75) is 6.54 Å². The van der Waals surface area contributed by atoms with Crippen LogP contribution in [0, 0.1) is 0 Å². The molecular formula is C11H10N2O. The third-order valence-corrected chi connectivity index (χ3v) is 2.06. The SMILES string of the molecule is C=CCn1c(=O)cnc2ccccc21. The van der Waals surface area contributed by atoms with E-state index >= 15 is 0 Å². The molecule has 0 spiro atoms. The highest BCUT2D eigenvalue weighted by Crippen LogP contribution is 2.07. The third-order valence-electron chi connectivity index (χ3n) is 2.06. The summed E-state index contributed by atoms with van der Waals surface area (Å²) >= 11 is 0. The molecule has 0 fully saturated rings. The largest absolute Gasteiger partial charge is 0.302 e. The molecule has 0 saturated carbocycles. The summed E-state index contributed by atoms with van der Waals surface area (Å²) < 4.78 is 1.65. The van der Waals surface area contributed by atoms with E-state index in [0.29, 0.717) is 6.54 Å². The van der Waals surface area contributed by atoms with Gasteiger partial charge in [-0.25, -0.2) is 4.98 Å². The molecule has 0 radical (unpaired) electrons. The molecule has 2 rings (SSSR count). The molecule has 1 aromatic carbocycles. The smallest absolute Gasteiger partial charge is 0.269 e. The zero-order valence-corrected chi connectivity index (χ0v) is 7.68. The standard InChI is InChI=1S/C11H10N2O/c1-2-7-13-10-6-4-3-5-9(10)12-8-11(13)14/h2-6,8H,1,7H2. The van der Waals surface area contributed by atoms with Gasteiger partial charge in [-0.1, -0.05) is 18.2 Å². The monoisotopic (exact) mass is 186 g/mol. The van der Waals surface area contributed by atoms with Crippen molar-refractivity contribution < 1.29 is 0 Å². The Balaban J connectivity index is 2.82. The molecule has 70 valence electrons. The molecule has 0 N–H and O–H groups in total. The molecule has 0 aliphatic heterocycles. The first-order valence-corrected chi connectivity index (χ1v) is 4.38. The number of aromatic nitrogens is 2. The number of para-hydroxylation sites is 2. The van der Waals surface area contributed by atoms with Crippen LogP contribution in [0.3, 0.4) is 0 Å². The van der Waals surface area contributed by atoms with Gasteiger partial charge in [-0.2, -0.15) is 0 Å². The predicted octanol–water partition coefficient (Wildman–Crippen LogP) is 1.58. The van der Waals surface area contributed by atoms with Crippen LogP contribution in [0.2, 0.25) is 0 Å².